The molecule has 1 unspecified atom stereocenters. The van der Waals surface area contributed by atoms with Gasteiger partial charge in [0.2, 0.25) is 0 Å². The van der Waals surface area contributed by atoms with Crippen molar-refractivity contribution in [1.82, 2.24) is 4.90 Å². The summed E-state index contributed by atoms with van der Waals surface area (Å²) in [6.07, 6.45) is -10.2. The molecule has 0 saturated heterocycles. The summed E-state index contributed by atoms with van der Waals surface area (Å²) >= 11 is 0.936. The molecule has 2 aromatic rings. The second kappa shape index (κ2) is 7.36. The molecule has 29 heavy (non-hydrogen) atoms. The van der Waals surface area contributed by atoms with Gasteiger partial charge in [-0.3, -0.25) is 9.80 Å². The average Bonchev–Trinajstić information content (AvgIpc) is 3.26. The van der Waals surface area contributed by atoms with Gasteiger partial charge in [-0.1, -0.05) is 12.1 Å². The van der Waals surface area contributed by atoms with Crippen LogP contribution in [0.25, 0.3) is 0 Å². The van der Waals surface area contributed by atoms with E-state index in [4.69, 9.17) is 0 Å². The van der Waals surface area contributed by atoms with Crippen LogP contribution >= 0.6 is 11.3 Å². The number of halogens is 6. The van der Waals surface area contributed by atoms with E-state index in [9.17, 15) is 31.1 Å². The lowest BCUT2D eigenvalue weighted by Gasteiger charge is -2.25. The van der Waals surface area contributed by atoms with Crippen molar-refractivity contribution in [1.29, 1.82) is 0 Å². The molecule has 0 bridgehead atoms. The Labute approximate surface area is 166 Å². The van der Waals surface area contributed by atoms with Crippen LogP contribution in [-0.4, -0.2) is 36.8 Å². The molecule has 0 spiro atoms. The number of carbonyl (C=O) groups excluding carboxylic acids is 1. The minimum Gasteiger partial charge on any atom is -0.344 e. The Morgan fingerprint density at radius 1 is 1.07 bits per heavy atom. The van der Waals surface area contributed by atoms with Gasteiger partial charge < -0.3 is 4.90 Å². The van der Waals surface area contributed by atoms with Gasteiger partial charge in [0, 0.05) is 25.4 Å². The van der Waals surface area contributed by atoms with Crippen molar-refractivity contribution in [2.75, 3.05) is 19.1 Å². The maximum absolute atomic E-state index is 13.4. The average molecular weight is 435 g/mol. The SMILES string of the molecule is CN(C)C(=O)c1ccc(C2CC(C(F)(F)F)=NN2c2ccccc2C(F)(F)F)s1. The van der Waals surface area contributed by atoms with Gasteiger partial charge in [-0.15, -0.1) is 11.3 Å². The number of para-hydroxylation sites is 1. The van der Waals surface area contributed by atoms with Crippen molar-refractivity contribution >= 4 is 28.6 Å². The van der Waals surface area contributed by atoms with Crippen LogP contribution in [0.1, 0.15) is 32.6 Å². The number of hydrazone groups is 1. The molecule has 1 aromatic heterocycles. The number of thiophene rings is 1. The summed E-state index contributed by atoms with van der Waals surface area (Å²) in [6, 6.07) is 6.12. The fourth-order valence-electron chi connectivity index (χ4n) is 2.91. The fourth-order valence-corrected chi connectivity index (χ4v) is 4.02. The number of carbonyl (C=O) groups is 1. The van der Waals surface area contributed by atoms with Gasteiger partial charge >= 0.3 is 12.4 Å². The second-order valence-electron chi connectivity index (χ2n) is 6.53. The molecule has 11 heteroatoms. The number of hydrogen-bond donors (Lipinski definition) is 0. The quantitative estimate of drug-likeness (QED) is 0.611. The molecule has 3 rings (SSSR count). The van der Waals surface area contributed by atoms with Gasteiger partial charge in [-0.05, 0) is 24.3 Å². The molecule has 0 N–H and O–H groups in total. The second-order valence-corrected chi connectivity index (χ2v) is 7.64. The molecule has 1 atom stereocenters. The smallest absolute Gasteiger partial charge is 0.344 e. The molecule has 0 saturated carbocycles. The van der Waals surface area contributed by atoms with Crippen molar-refractivity contribution in [3.63, 3.8) is 0 Å². The van der Waals surface area contributed by atoms with E-state index in [2.05, 4.69) is 5.10 Å². The van der Waals surface area contributed by atoms with E-state index in [0.29, 0.717) is 4.88 Å². The Balaban J connectivity index is 2.08. The fraction of sp³-hybridized carbons (Fsp3) is 0.333. The standard InChI is InChI=1S/C18H15F6N3OS/c1-26(2)16(28)14-8-7-13(29-14)12-9-15(18(22,23)24)25-27(12)11-6-4-3-5-10(11)17(19,20)21/h3-8,12H,9H2,1-2H3. The third-order valence-corrected chi connectivity index (χ3v) is 5.44. The van der Waals surface area contributed by atoms with Crippen LogP contribution in [0.4, 0.5) is 32.0 Å². The molecule has 4 nitrogen and oxygen atoms in total. The van der Waals surface area contributed by atoms with E-state index in [0.717, 1.165) is 34.5 Å². The predicted molar refractivity (Wildman–Crippen MR) is 97.1 cm³/mol. The lowest BCUT2D eigenvalue weighted by Crippen LogP contribution is -2.22. The molecule has 1 aliphatic rings. The highest BCUT2D eigenvalue weighted by atomic mass is 32.1. The van der Waals surface area contributed by atoms with Crippen LogP contribution in [-0.2, 0) is 6.18 Å². The summed E-state index contributed by atoms with van der Waals surface area (Å²) in [6.45, 7) is 0. The Morgan fingerprint density at radius 2 is 1.72 bits per heavy atom. The molecule has 0 fully saturated rings. The molecule has 0 radical (unpaired) electrons. The Hall–Kier alpha value is -2.56. The van der Waals surface area contributed by atoms with Crippen molar-refractivity contribution in [3.8, 4) is 0 Å². The van der Waals surface area contributed by atoms with Gasteiger partial charge in [0.1, 0.15) is 5.71 Å². The zero-order valence-corrected chi connectivity index (χ0v) is 16.0. The molecular weight excluding hydrogens is 420 g/mol. The number of rotatable bonds is 3. The van der Waals surface area contributed by atoms with Gasteiger partial charge in [-0.25, -0.2) is 0 Å². The van der Waals surface area contributed by atoms with E-state index >= 15 is 0 Å². The number of benzene rings is 1. The van der Waals surface area contributed by atoms with Crippen molar-refractivity contribution < 1.29 is 31.1 Å². The van der Waals surface area contributed by atoms with Crippen molar-refractivity contribution in [2.45, 2.75) is 24.8 Å². The molecule has 1 aromatic carbocycles. The summed E-state index contributed by atoms with van der Waals surface area (Å²) in [7, 11) is 3.04. The molecule has 156 valence electrons. The third-order valence-electron chi connectivity index (χ3n) is 4.27. The molecule has 1 aliphatic heterocycles. The van der Waals surface area contributed by atoms with Crippen molar-refractivity contribution in [3.05, 3.63) is 51.7 Å². The normalized spacial score (nSPS) is 17.4. The first-order valence-electron chi connectivity index (χ1n) is 8.31. The lowest BCUT2D eigenvalue weighted by atomic mass is 10.1. The number of hydrogen-bond acceptors (Lipinski definition) is 4. The largest absolute Gasteiger partial charge is 0.431 e. The van der Waals surface area contributed by atoms with E-state index < -0.39 is 41.8 Å². The summed E-state index contributed by atoms with van der Waals surface area (Å²) in [5, 5.41) is 4.24. The van der Waals surface area contributed by atoms with E-state index in [-0.39, 0.29) is 10.8 Å². The van der Waals surface area contributed by atoms with Gasteiger partial charge in [0.15, 0.2) is 0 Å². The van der Waals surface area contributed by atoms with Crippen LogP contribution in [0, 0.1) is 0 Å². The Kier molecular flexibility index (Phi) is 5.37. The summed E-state index contributed by atoms with van der Waals surface area (Å²) in [4.78, 5) is 14.0. The van der Waals surface area contributed by atoms with Crippen LogP contribution in [0.3, 0.4) is 0 Å². The highest BCUT2D eigenvalue weighted by Crippen LogP contribution is 2.45. The monoisotopic (exact) mass is 435 g/mol. The highest BCUT2D eigenvalue weighted by molar-refractivity contribution is 7.14. The summed E-state index contributed by atoms with van der Waals surface area (Å²) in [5.74, 6) is -0.349. The zero-order chi connectivity index (χ0) is 21.6. The van der Waals surface area contributed by atoms with E-state index in [1.165, 1.54) is 37.2 Å². The molecular formula is C18H15F6N3OS. The predicted octanol–water partition coefficient (Wildman–Crippen LogP) is 5.34. The highest BCUT2D eigenvalue weighted by Gasteiger charge is 2.46. The summed E-state index contributed by atoms with van der Waals surface area (Å²) in [5.41, 5.74) is -2.73. The Bertz CT molecular complexity index is 948. The topological polar surface area (TPSA) is 35.9 Å². The number of amides is 1. The van der Waals surface area contributed by atoms with E-state index in [1.807, 2.05) is 0 Å². The Morgan fingerprint density at radius 3 is 2.31 bits per heavy atom. The van der Waals surface area contributed by atoms with Crippen molar-refractivity contribution in [2.24, 2.45) is 5.10 Å². The minimum atomic E-state index is -4.78. The van der Waals surface area contributed by atoms with Crippen LogP contribution in [0.2, 0.25) is 0 Å². The third kappa shape index (κ3) is 4.24. The minimum absolute atomic E-state index is 0.273. The van der Waals surface area contributed by atoms with Crippen LogP contribution < -0.4 is 5.01 Å². The molecule has 2 heterocycles. The van der Waals surface area contributed by atoms with E-state index in [1.54, 1.807) is 0 Å². The molecule has 0 aliphatic carbocycles. The summed E-state index contributed by atoms with van der Waals surface area (Å²) < 4.78 is 80.1. The van der Waals surface area contributed by atoms with Gasteiger partial charge in [-0.2, -0.15) is 31.4 Å². The number of nitrogens with zero attached hydrogens (tertiary/aromatic N) is 3. The first-order valence-corrected chi connectivity index (χ1v) is 9.12. The van der Waals surface area contributed by atoms with Crippen LogP contribution in [0.5, 0.6) is 0 Å². The number of anilines is 1. The maximum Gasteiger partial charge on any atom is 0.431 e. The first kappa shape index (κ1) is 21.2. The van der Waals surface area contributed by atoms with Gasteiger partial charge in [0.05, 0.1) is 22.2 Å². The number of alkyl halides is 6. The van der Waals surface area contributed by atoms with Gasteiger partial charge in [0.25, 0.3) is 5.91 Å². The first-order chi connectivity index (χ1) is 13.4. The lowest BCUT2D eigenvalue weighted by molar-refractivity contribution is -0.137. The van der Waals surface area contributed by atoms with Crippen LogP contribution in [0.15, 0.2) is 41.5 Å². The maximum atomic E-state index is 13.4. The molecule has 1 amide bonds. The zero-order valence-electron chi connectivity index (χ0n) is 15.2.